The highest BCUT2D eigenvalue weighted by Gasteiger charge is 2.02. The van der Waals surface area contributed by atoms with Crippen LogP contribution in [-0.4, -0.2) is 38.6 Å². The van der Waals surface area contributed by atoms with Crippen molar-refractivity contribution < 1.29 is 4.79 Å². The summed E-state index contributed by atoms with van der Waals surface area (Å²) in [5.74, 6) is 0.0615. The maximum atomic E-state index is 11.4. The van der Waals surface area contributed by atoms with E-state index >= 15 is 0 Å². The van der Waals surface area contributed by atoms with Gasteiger partial charge in [0, 0.05) is 25.3 Å². The van der Waals surface area contributed by atoms with Crippen LogP contribution in [0.2, 0.25) is 0 Å². The minimum Gasteiger partial charge on any atom is -0.375 e. The molecule has 0 aromatic heterocycles. The van der Waals surface area contributed by atoms with Gasteiger partial charge in [-0.15, -0.1) is 0 Å². The van der Waals surface area contributed by atoms with Crippen LogP contribution in [0.15, 0.2) is 30.3 Å². The summed E-state index contributed by atoms with van der Waals surface area (Å²) in [7, 11) is 2.08. The molecule has 0 aliphatic rings. The maximum absolute atomic E-state index is 11.4. The number of nitrogens with one attached hydrogen (secondary N) is 2. The highest BCUT2D eigenvalue weighted by Crippen LogP contribution is 2.10. The van der Waals surface area contributed by atoms with Crippen molar-refractivity contribution in [3.63, 3.8) is 0 Å². The predicted molar refractivity (Wildman–Crippen MR) is 80.5 cm³/mol. The Labute approximate surface area is 116 Å². The predicted octanol–water partition coefficient (Wildman–Crippen LogP) is 1.63. The van der Waals surface area contributed by atoms with Crippen LogP contribution in [-0.2, 0) is 4.79 Å². The van der Waals surface area contributed by atoms with E-state index in [1.807, 2.05) is 32.0 Å². The fraction of sp³-hybridized carbons (Fsp3) is 0.533. The third-order valence-corrected chi connectivity index (χ3v) is 2.78. The van der Waals surface area contributed by atoms with Crippen molar-refractivity contribution >= 4 is 11.6 Å². The van der Waals surface area contributed by atoms with Gasteiger partial charge in [-0.05, 0) is 38.9 Å². The average molecular weight is 263 g/mol. The molecule has 19 heavy (non-hydrogen) atoms. The number of carbonyl (C=O) groups excluding carboxylic acids is 1. The first-order chi connectivity index (χ1) is 9.09. The third-order valence-electron chi connectivity index (χ3n) is 2.78. The summed E-state index contributed by atoms with van der Waals surface area (Å²) in [6.45, 7) is 6.15. The van der Waals surface area contributed by atoms with Gasteiger partial charge in [0.1, 0.15) is 0 Å². The largest absolute Gasteiger partial charge is 0.375 e. The molecule has 0 fully saturated rings. The lowest BCUT2D eigenvalue weighted by atomic mass is 10.3. The quantitative estimate of drug-likeness (QED) is 0.701. The van der Waals surface area contributed by atoms with Gasteiger partial charge in [0.25, 0.3) is 0 Å². The van der Waals surface area contributed by atoms with Crippen molar-refractivity contribution in [3.05, 3.63) is 30.3 Å². The smallest absolute Gasteiger partial charge is 0.234 e. The van der Waals surface area contributed by atoms with E-state index in [0.717, 1.165) is 19.5 Å². The molecule has 0 saturated carbocycles. The summed E-state index contributed by atoms with van der Waals surface area (Å²) < 4.78 is 0. The second-order valence-electron chi connectivity index (χ2n) is 5.01. The fourth-order valence-corrected chi connectivity index (χ4v) is 1.83. The van der Waals surface area contributed by atoms with Crippen LogP contribution in [0, 0.1) is 0 Å². The number of anilines is 1. The van der Waals surface area contributed by atoms with Crippen molar-refractivity contribution in [1.29, 1.82) is 0 Å². The van der Waals surface area contributed by atoms with E-state index in [-0.39, 0.29) is 11.9 Å². The molecule has 4 nitrogen and oxygen atoms in total. The monoisotopic (exact) mass is 263 g/mol. The van der Waals surface area contributed by atoms with Gasteiger partial charge in [-0.25, -0.2) is 0 Å². The fourth-order valence-electron chi connectivity index (χ4n) is 1.83. The zero-order chi connectivity index (χ0) is 14.1. The maximum Gasteiger partial charge on any atom is 0.234 e. The molecule has 0 spiro atoms. The summed E-state index contributed by atoms with van der Waals surface area (Å²) in [5.41, 5.74) is 1.22. The molecule has 1 aromatic carbocycles. The molecule has 0 bridgehead atoms. The molecule has 0 heterocycles. The van der Waals surface area contributed by atoms with Crippen LogP contribution in [0.3, 0.4) is 0 Å². The van der Waals surface area contributed by atoms with Crippen molar-refractivity contribution in [2.45, 2.75) is 26.3 Å². The van der Waals surface area contributed by atoms with Gasteiger partial charge in [-0.3, -0.25) is 4.79 Å². The second-order valence-corrected chi connectivity index (χ2v) is 5.01. The molecular formula is C15H25N3O. The minimum absolute atomic E-state index is 0.0615. The standard InChI is InChI=1S/C15H25N3O/c1-13(2)17-15(19)12-16-10-7-11-18(3)14-8-5-4-6-9-14/h4-6,8-9,13,16H,7,10-12H2,1-3H3,(H,17,19). The Hall–Kier alpha value is -1.55. The molecule has 2 N–H and O–H groups in total. The lowest BCUT2D eigenvalue weighted by molar-refractivity contribution is -0.120. The van der Waals surface area contributed by atoms with Gasteiger partial charge in [-0.1, -0.05) is 18.2 Å². The molecule has 0 aliphatic heterocycles. The molecule has 4 heteroatoms. The Bertz CT molecular complexity index is 365. The number of benzene rings is 1. The van der Waals surface area contributed by atoms with E-state index in [1.165, 1.54) is 5.69 Å². The van der Waals surface area contributed by atoms with Crippen LogP contribution < -0.4 is 15.5 Å². The van der Waals surface area contributed by atoms with E-state index in [9.17, 15) is 4.79 Å². The first-order valence-electron chi connectivity index (χ1n) is 6.86. The minimum atomic E-state index is 0.0615. The van der Waals surface area contributed by atoms with Crippen molar-refractivity contribution in [3.8, 4) is 0 Å². The Morgan fingerprint density at radius 2 is 1.95 bits per heavy atom. The van der Waals surface area contributed by atoms with Crippen molar-refractivity contribution in [2.24, 2.45) is 0 Å². The summed E-state index contributed by atoms with van der Waals surface area (Å²) in [5, 5.41) is 6.02. The van der Waals surface area contributed by atoms with Gasteiger partial charge in [0.2, 0.25) is 5.91 Å². The van der Waals surface area contributed by atoms with Gasteiger partial charge >= 0.3 is 0 Å². The van der Waals surface area contributed by atoms with Gasteiger partial charge < -0.3 is 15.5 Å². The lowest BCUT2D eigenvalue weighted by Gasteiger charge is -2.19. The van der Waals surface area contributed by atoms with Gasteiger partial charge in [0.15, 0.2) is 0 Å². The molecule has 0 radical (unpaired) electrons. The van der Waals surface area contributed by atoms with Gasteiger partial charge in [0.05, 0.1) is 6.54 Å². The number of para-hydroxylation sites is 1. The number of amides is 1. The van der Waals surface area contributed by atoms with E-state index < -0.39 is 0 Å². The first-order valence-corrected chi connectivity index (χ1v) is 6.86. The normalized spacial score (nSPS) is 10.5. The molecule has 0 aliphatic carbocycles. The summed E-state index contributed by atoms with van der Waals surface area (Å²) in [4.78, 5) is 13.6. The summed E-state index contributed by atoms with van der Waals surface area (Å²) in [6.07, 6.45) is 1.01. The Morgan fingerprint density at radius 1 is 1.26 bits per heavy atom. The van der Waals surface area contributed by atoms with E-state index in [2.05, 4.69) is 34.7 Å². The second kappa shape index (κ2) is 8.53. The number of hydrogen-bond acceptors (Lipinski definition) is 3. The highest BCUT2D eigenvalue weighted by atomic mass is 16.1. The Kier molecular flexibility index (Phi) is 6.97. The van der Waals surface area contributed by atoms with Crippen LogP contribution >= 0.6 is 0 Å². The van der Waals surface area contributed by atoms with E-state index in [4.69, 9.17) is 0 Å². The zero-order valence-electron chi connectivity index (χ0n) is 12.1. The van der Waals surface area contributed by atoms with E-state index in [1.54, 1.807) is 0 Å². The average Bonchev–Trinajstić information content (AvgIpc) is 2.38. The SMILES string of the molecule is CC(C)NC(=O)CNCCCN(C)c1ccccc1. The van der Waals surface area contributed by atoms with E-state index in [0.29, 0.717) is 6.54 Å². The van der Waals surface area contributed by atoms with Crippen molar-refractivity contribution in [1.82, 2.24) is 10.6 Å². The zero-order valence-corrected chi connectivity index (χ0v) is 12.1. The number of hydrogen-bond donors (Lipinski definition) is 2. The third kappa shape index (κ3) is 6.82. The number of rotatable bonds is 8. The van der Waals surface area contributed by atoms with Crippen LogP contribution in [0.4, 0.5) is 5.69 Å². The molecule has 1 amide bonds. The number of carbonyl (C=O) groups is 1. The molecule has 1 rings (SSSR count). The number of nitrogens with zero attached hydrogens (tertiary/aromatic N) is 1. The topological polar surface area (TPSA) is 44.4 Å². The Balaban J connectivity index is 2.09. The lowest BCUT2D eigenvalue weighted by Crippen LogP contribution is -2.38. The summed E-state index contributed by atoms with van der Waals surface area (Å²) in [6, 6.07) is 10.5. The van der Waals surface area contributed by atoms with Crippen LogP contribution in [0.25, 0.3) is 0 Å². The highest BCUT2D eigenvalue weighted by molar-refractivity contribution is 5.78. The molecule has 0 unspecified atom stereocenters. The molecular weight excluding hydrogens is 238 g/mol. The molecule has 0 saturated heterocycles. The van der Waals surface area contributed by atoms with Gasteiger partial charge in [-0.2, -0.15) is 0 Å². The molecule has 0 atom stereocenters. The molecule has 106 valence electrons. The first kappa shape index (κ1) is 15.5. The van der Waals surface area contributed by atoms with Crippen LogP contribution in [0.5, 0.6) is 0 Å². The molecule has 1 aromatic rings. The van der Waals surface area contributed by atoms with Crippen LogP contribution in [0.1, 0.15) is 20.3 Å². The summed E-state index contributed by atoms with van der Waals surface area (Å²) >= 11 is 0. The van der Waals surface area contributed by atoms with Crippen molar-refractivity contribution in [2.75, 3.05) is 31.6 Å². The Morgan fingerprint density at radius 3 is 2.58 bits per heavy atom.